The predicted molar refractivity (Wildman–Crippen MR) is 137 cm³/mol. The minimum absolute atomic E-state index is 0.00469. The van der Waals surface area contributed by atoms with E-state index >= 15 is 0 Å². The van der Waals surface area contributed by atoms with Crippen molar-refractivity contribution in [3.63, 3.8) is 0 Å². The highest BCUT2D eigenvalue weighted by Gasteiger charge is 2.30. The highest BCUT2D eigenvalue weighted by molar-refractivity contribution is 7.13. The SMILES string of the molecule is O=C(c1ccc(-c2csc(-c3ccc(C#Cc4cccc(C(F)(F)F)c4)cc3)n2)cc1)N1CCOCC1. The van der Waals surface area contributed by atoms with Gasteiger partial charge >= 0.3 is 6.18 Å². The zero-order valence-electron chi connectivity index (χ0n) is 19.6. The monoisotopic (exact) mass is 518 g/mol. The van der Waals surface area contributed by atoms with Crippen LogP contribution in [0.5, 0.6) is 0 Å². The Morgan fingerprint density at radius 3 is 2.27 bits per heavy atom. The van der Waals surface area contributed by atoms with Crippen molar-refractivity contribution in [2.24, 2.45) is 0 Å². The fourth-order valence-corrected chi connectivity index (χ4v) is 4.72. The first kappa shape index (κ1) is 24.8. The van der Waals surface area contributed by atoms with Gasteiger partial charge in [0, 0.05) is 46.3 Å². The van der Waals surface area contributed by atoms with Crippen LogP contribution in [0.4, 0.5) is 13.2 Å². The second kappa shape index (κ2) is 10.6. The topological polar surface area (TPSA) is 42.4 Å². The van der Waals surface area contributed by atoms with Gasteiger partial charge in [-0.1, -0.05) is 42.2 Å². The second-order valence-corrected chi connectivity index (χ2v) is 9.28. The lowest BCUT2D eigenvalue weighted by atomic mass is 10.1. The first-order valence-electron chi connectivity index (χ1n) is 11.6. The van der Waals surface area contributed by atoms with Crippen molar-refractivity contribution in [3.05, 3.63) is 100 Å². The van der Waals surface area contributed by atoms with Crippen molar-refractivity contribution in [2.45, 2.75) is 6.18 Å². The van der Waals surface area contributed by atoms with Crippen LogP contribution >= 0.6 is 11.3 Å². The molecule has 5 rings (SSSR count). The van der Waals surface area contributed by atoms with E-state index in [-0.39, 0.29) is 5.91 Å². The Kier molecular flexibility index (Phi) is 7.08. The van der Waals surface area contributed by atoms with Crippen LogP contribution in [0.15, 0.2) is 78.2 Å². The molecule has 186 valence electrons. The maximum atomic E-state index is 12.9. The van der Waals surface area contributed by atoms with Crippen LogP contribution in [0.3, 0.4) is 0 Å². The van der Waals surface area contributed by atoms with Crippen molar-refractivity contribution in [3.8, 4) is 33.7 Å². The number of morpholine rings is 1. The van der Waals surface area contributed by atoms with Crippen LogP contribution in [0.2, 0.25) is 0 Å². The molecule has 0 bridgehead atoms. The summed E-state index contributed by atoms with van der Waals surface area (Å²) in [5.74, 6) is 5.72. The van der Waals surface area contributed by atoms with Gasteiger partial charge in [-0.2, -0.15) is 13.2 Å². The molecule has 1 aliphatic heterocycles. The molecule has 0 atom stereocenters. The molecule has 4 aromatic rings. The molecule has 1 fully saturated rings. The number of carbonyl (C=O) groups excluding carboxylic acids is 1. The molecule has 0 spiro atoms. The van der Waals surface area contributed by atoms with E-state index in [2.05, 4.69) is 11.8 Å². The molecule has 2 heterocycles. The van der Waals surface area contributed by atoms with E-state index in [1.54, 1.807) is 11.0 Å². The summed E-state index contributed by atoms with van der Waals surface area (Å²) in [7, 11) is 0. The second-order valence-electron chi connectivity index (χ2n) is 8.43. The van der Waals surface area contributed by atoms with Crippen molar-refractivity contribution in [1.82, 2.24) is 9.88 Å². The number of thiazole rings is 1. The Bertz CT molecular complexity index is 1460. The van der Waals surface area contributed by atoms with Gasteiger partial charge in [0.1, 0.15) is 5.01 Å². The number of benzene rings is 3. The van der Waals surface area contributed by atoms with Gasteiger partial charge in [-0.3, -0.25) is 4.79 Å². The molecule has 0 radical (unpaired) electrons. The highest BCUT2D eigenvalue weighted by atomic mass is 32.1. The number of rotatable bonds is 3. The first-order valence-corrected chi connectivity index (χ1v) is 12.5. The Labute approximate surface area is 216 Å². The van der Waals surface area contributed by atoms with Crippen LogP contribution in [0.1, 0.15) is 27.0 Å². The van der Waals surface area contributed by atoms with Gasteiger partial charge < -0.3 is 9.64 Å². The van der Waals surface area contributed by atoms with E-state index in [1.165, 1.54) is 17.4 Å². The number of halogens is 3. The third-order valence-corrected chi connectivity index (χ3v) is 6.79. The fourth-order valence-electron chi connectivity index (χ4n) is 3.89. The van der Waals surface area contributed by atoms with Crippen molar-refractivity contribution in [2.75, 3.05) is 26.3 Å². The van der Waals surface area contributed by atoms with Gasteiger partial charge in [-0.15, -0.1) is 11.3 Å². The molecule has 3 aromatic carbocycles. The van der Waals surface area contributed by atoms with Crippen LogP contribution in [0, 0.1) is 11.8 Å². The van der Waals surface area contributed by atoms with Crippen LogP contribution < -0.4 is 0 Å². The van der Waals surface area contributed by atoms with Crippen LogP contribution in [0.25, 0.3) is 21.8 Å². The Morgan fingerprint density at radius 2 is 1.57 bits per heavy atom. The molecule has 0 saturated carbocycles. The number of aromatic nitrogens is 1. The minimum atomic E-state index is -4.39. The average Bonchev–Trinajstić information content (AvgIpc) is 3.42. The average molecular weight is 519 g/mol. The fraction of sp³-hybridized carbons (Fsp3) is 0.172. The summed E-state index contributed by atoms with van der Waals surface area (Å²) in [5.41, 5.74) is 3.58. The van der Waals surface area contributed by atoms with Gasteiger partial charge in [0.2, 0.25) is 0 Å². The number of ether oxygens (including phenoxy) is 1. The summed E-state index contributed by atoms with van der Waals surface area (Å²) in [4.78, 5) is 19.2. The van der Waals surface area contributed by atoms with Gasteiger partial charge in [0.25, 0.3) is 5.91 Å². The number of amides is 1. The predicted octanol–water partition coefficient (Wildman–Crippen LogP) is 6.37. The first-order chi connectivity index (χ1) is 17.9. The lowest BCUT2D eigenvalue weighted by Crippen LogP contribution is -2.40. The standard InChI is InChI=1S/C29H21F3N2O2S/c30-29(31,32)25-3-1-2-21(18-25)5-4-20-6-8-23(9-7-20)27-33-26(19-37-27)22-10-12-24(13-11-22)28(35)34-14-16-36-17-15-34/h1-3,6-13,18-19H,14-17H2. The zero-order valence-corrected chi connectivity index (χ0v) is 20.4. The molecule has 37 heavy (non-hydrogen) atoms. The van der Waals surface area contributed by atoms with E-state index in [0.717, 1.165) is 34.0 Å². The summed E-state index contributed by atoms with van der Waals surface area (Å²) in [6, 6.07) is 19.9. The third-order valence-electron chi connectivity index (χ3n) is 5.90. The molecule has 1 aromatic heterocycles. The molecule has 8 heteroatoms. The van der Waals surface area contributed by atoms with E-state index in [9.17, 15) is 18.0 Å². The van der Waals surface area contributed by atoms with Crippen molar-refractivity contribution >= 4 is 17.2 Å². The van der Waals surface area contributed by atoms with E-state index < -0.39 is 11.7 Å². The third kappa shape index (κ3) is 5.91. The summed E-state index contributed by atoms with van der Waals surface area (Å²) in [6.07, 6.45) is -4.39. The maximum Gasteiger partial charge on any atom is 0.416 e. The van der Waals surface area contributed by atoms with Crippen molar-refractivity contribution < 1.29 is 22.7 Å². The molecular weight excluding hydrogens is 497 g/mol. The summed E-state index contributed by atoms with van der Waals surface area (Å²) >= 11 is 1.51. The zero-order chi connectivity index (χ0) is 25.8. The van der Waals surface area contributed by atoms with Crippen LogP contribution in [-0.4, -0.2) is 42.1 Å². The van der Waals surface area contributed by atoms with Gasteiger partial charge in [-0.25, -0.2) is 4.98 Å². The number of hydrogen-bond acceptors (Lipinski definition) is 4. The number of hydrogen-bond donors (Lipinski definition) is 0. The lowest BCUT2D eigenvalue weighted by molar-refractivity contribution is -0.137. The Morgan fingerprint density at radius 1 is 0.892 bits per heavy atom. The normalized spacial score (nSPS) is 13.6. The number of nitrogens with zero attached hydrogens (tertiary/aromatic N) is 2. The molecule has 0 N–H and O–H groups in total. The maximum absolute atomic E-state index is 12.9. The highest BCUT2D eigenvalue weighted by Crippen LogP contribution is 2.30. The largest absolute Gasteiger partial charge is 0.416 e. The molecule has 1 amide bonds. The minimum Gasteiger partial charge on any atom is -0.378 e. The Hall–Kier alpha value is -3.93. The summed E-state index contributed by atoms with van der Waals surface area (Å²) < 4.78 is 44.0. The quantitative estimate of drug-likeness (QED) is 0.296. The number of carbonyl (C=O) groups is 1. The molecule has 1 saturated heterocycles. The molecule has 0 aliphatic carbocycles. The van der Waals surface area contributed by atoms with Crippen molar-refractivity contribution in [1.29, 1.82) is 0 Å². The molecule has 4 nitrogen and oxygen atoms in total. The number of alkyl halides is 3. The van der Waals surface area contributed by atoms with Gasteiger partial charge in [-0.05, 0) is 42.5 Å². The van der Waals surface area contributed by atoms with E-state index in [0.29, 0.717) is 43.0 Å². The lowest BCUT2D eigenvalue weighted by Gasteiger charge is -2.26. The van der Waals surface area contributed by atoms with E-state index in [4.69, 9.17) is 9.72 Å². The Balaban J connectivity index is 1.27. The molecular formula is C29H21F3N2O2S. The molecule has 1 aliphatic rings. The van der Waals surface area contributed by atoms with Gasteiger partial charge in [0.15, 0.2) is 0 Å². The van der Waals surface area contributed by atoms with Gasteiger partial charge in [0.05, 0.1) is 24.5 Å². The molecule has 0 unspecified atom stereocenters. The summed E-state index contributed by atoms with van der Waals surface area (Å²) in [6.45, 7) is 2.33. The summed E-state index contributed by atoms with van der Waals surface area (Å²) in [5, 5.41) is 2.80. The smallest absolute Gasteiger partial charge is 0.378 e. The van der Waals surface area contributed by atoms with Crippen LogP contribution in [-0.2, 0) is 10.9 Å². The van der Waals surface area contributed by atoms with E-state index in [1.807, 2.05) is 53.9 Å².